The highest BCUT2D eigenvalue weighted by atomic mass is 16.5. The van der Waals surface area contributed by atoms with Crippen LogP contribution in [-0.4, -0.2) is 45.2 Å². The first-order chi connectivity index (χ1) is 8.52. The number of ether oxygens (including phenoxy) is 1. The van der Waals surface area contributed by atoms with Gasteiger partial charge in [-0.1, -0.05) is 13.8 Å². The molecular formula is C12H25N3O3. The fourth-order valence-electron chi connectivity index (χ4n) is 1.49. The highest BCUT2D eigenvalue weighted by Crippen LogP contribution is 2.08. The molecule has 0 aromatic rings. The molecule has 0 rings (SSSR count). The van der Waals surface area contributed by atoms with Crippen LogP contribution in [0, 0.1) is 11.8 Å². The molecule has 0 spiro atoms. The number of carbonyl (C=O) groups is 2. The molecular weight excluding hydrogens is 234 g/mol. The third-order valence-electron chi connectivity index (χ3n) is 2.68. The van der Waals surface area contributed by atoms with E-state index < -0.39 is 0 Å². The molecule has 0 aliphatic carbocycles. The molecule has 0 saturated heterocycles. The Hall–Kier alpha value is -1.14. The van der Waals surface area contributed by atoms with Crippen LogP contribution in [-0.2, 0) is 14.3 Å². The lowest BCUT2D eigenvalue weighted by molar-refractivity contribution is -0.126. The van der Waals surface area contributed by atoms with Crippen molar-refractivity contribution < 1.29 is 14.3 Å². The van der Waals surface area contributed by atoms with Crippen molar-refractivity contribution in [2.24, 2.45) is 17.6 Å². The third kappa shape index (κ3) is 7.24. The second-order valence-corrected chi connectivity index (χ2v) is 4.47. The van der Waals surface area contributed by atoms with Crippen LogP contribution in [0.3, 0.4) is 0 Å². The highest BCUT2D eigenvalue weighted by molar-refractivity contribution is 5.80. The summed E-state index contributed by atoms with van der Waals surface area (Å²) in [6, 6.07) is 0. The zero-order valence-electron chi connectivity index (χ0n) is 11.5. The Morgan fingerprint density at radius 2 is 1.89 bits per heavy atom. The van der Waals surface area contributed by atoms with Gasteiger partial charge in [-0.25, -0.2) is 0 Å². The summed E-state index contributed by atoms with van der Waals surface area (Å²) in [5.41, 5.74) is 5.53. The van der Waals surface area contributed by atoms with Crippen molar-refractivity contribution in [3.05, 3.63) is 0 Å². The molecule has 0 radical (unpaired) electrons. The topological polar surface area (TPSA) is 93.5 Å². The molecule has 1 unspecified atom stereocenters. The van der Waals surface area contributed by atoms with Gasteiger partial charge in [0.25, 0.3) is 0 Å². The minimum atomic E-state index is -0.193. The Labute approximate surface area is 109 Å². The average Bonchev–Trinajstić information content (AvgIpc) is 2.29. The van der Waals surface area contributed by atoms with Crippen LogP contribution in [0.25, 0.3) is 0 Å². The number of amides is 2. The van der Waals surface area contributed by atoms with Crippen LogP contribution in [0.2, 0.25) is 0 Å². The standard InChI is InChI=1S/C12H25N3O3/c1-9(2)10(8-13)12(17)15-5-4-11(16)14-6-7-18-3/h9-10H,4-8,13H2,1-3H3,(H,14,16)(H,15,17). The molecule has 6 heteroatoms. The molecule has 1 atom stereocenters. The van der Waals surface area contributed by atoms with Gasteiger partial charge >= 0.3 is 0 Å². The fourth-order valence-corrected chi connectivity index (χ4v) is 1.49. The number of methoxy groups -OCH3 is 1. The van der Waals surface area contributed by atoms with E-state index in [1.165, 1.54) is 0 Å². The quantitative estimate of drug-likeness (QED) is 0.486. The number of nitrogens with two attached hydrogens (primary N) is 1. The van der Waals surface area contributed by atoms with Crippen LogP contribution in [0.1, 0.15) is 20.3 Å². The van der Waals surface area contributed by atoms with E-state index in [1.54, 1.807) is 7.11 Å². The van der Waals surface area contributed by atoms with Crippen molar-refractivity contribution in [3.63, 3.8) is 0 Å². The number of rotatable bonds is 9. The molecule has 0 fully saturated rings. The predicted molar refractivity (Wildman–Crippen MR) is 69.9 cm³/mol. The summed E-state index contributed by atoms with van der Waals surface area (Å²) in [7, 11) is 1.57. The molecule has 0 aromatic heterocycles. The second kappa shape index (κ2) is 9.85. The monoisotopic (exact) mass is 259 g/mol. The normalized spacial score (nSPS) is 12.3. The van der Waals surface area contributed by atoms with Gasteiger partial charge in [0.1, 0.15) is 0 Å². The Bertz CT molecular complexity index is 257. The minimum Gasteiger partial charge on any atom is -0.383 e. The Kier molecular flexibility index (Phi) is 9.22. The van der Waals surface area contributed by atoms with E-state index in [-0.39, 0.29) is 30.1 Å². The fraction of sp³-hybridized carbons (Fsp3) is 0.833. The van der Waals surface area contributed by atoms with Gasteiger partial charge in [0.2, 0.25) is 11.8 Å². The zero-order valence-corrected chi connectivity index (χ0v) is 11.5. The van der Waals surface area contributed by atoms with Gasteiger partial charge in [0.15, 0.2) is 0 Å². The molecule has 18 heavy (non-hydrogen) atoms. The third-order valence-corrected chi connectivity index (χ3v) is 2.68. The van der Waals surface area contributed by atoms with Gasteiger partial charge in [0, 0.05) is 33.2 Å². The number of carbonyl (C=O) groups excluding carboxylic acids is 2. The van der Waals surface area contributed by atoms with Crippen molar-refractivity contribution in [2.45, 2.75) is 20.3 Å². The molecule has 0 heterocycles. The molecule has 6 nitrogen and oxygen atoms in total. The zero-order chi connectivity index (χ0) is 14.0. The van der Waals surface area contributed by atoms with Crippen LogP contribution in [0.5, 0.6) is 0 Å². The van der Waals surface area contributed by atoms with Crippen molar-refractivity contribution in [1.82, 2.24) is 10.6 Å². The van der Waals surface area contributed by atoms with Gasteiger partial charge in [-0.3, -0.25) is 9.59 Å². The molecule has 106 valence electrons. The van der Waals surface area contributed by atoms with E-state index in [4.69, 9.17) is 10.5 Å². The van der Waals surface area contributed by atoms with Crippen molar-refractivity contribution in [2.75, 3.05) is 33.4 Å². The van der Waals surface area contributed by atoms with Gasteiger partial charge < -0.3 is 21.1 Å². The first-order valence-corrected chi connectivity index (χ1v) is 6.26. The van der Waals surface area contributed by atoms with E-state index in [0.717, 1.165) is 0 Å². The van der Waals surface area contributed by atoms with Gasteiger partial charge in [0.05, 0.1) is 12.5 Å². The van der Waals surface area contributed by atoms with E-state index >= 15 is 0 Å². The Morgan fingerprint density at radius 3 is 2.39 bits per heavy atom. The number of hydrogen-bond acceptors (Lipinski definition) is 4. The van der Waals surface area contributed by atoms with Crippen molar-refractivity contribution in [1.29, 1.82) is 0 Å². The van der Waals surface area contributed by atoms with Gasteiger partial charge in [-0.15, -0.1) is 0 Å². The maximum absolute atomic E-state index is 11.7. The average molecular weight is 259 g/mol. The summed E-state index contributed by atoms with van der Waals surface area (Å²) in [6.45, 7) is 5.54. The summed E-state index contributed by atoms with van der Waals surface area (Å²) < 4.78 is 4.81. The first-order valence-electron chi connectivity index (χ1n) is 6.26. The van der Waals surface area contributed by atoms with Gasteiger partial charge in [-0.2, -0.15) is 0 Å². The largest absolute Gasteiger partial charge is 0.383 e. The van der Waals surface area contributed by atoms with Crippen LogP contribution < -0.4 is 16.4 Å². The number of nitrogens with one attached hydrogen (secondary N) is 2. The summed E-state index contributed by atoms with van der Waals surface area (Å²) in [4.78, 5) is 23.0. The molecule has 0 aliphatic rings. The van der Waals surface area contributed by atoms with E-state index in [0.29, 0.717) is 26.2 Å². The lowest BCUT2D eigenvalue weighted by Gasteiger charge is -2.18. The predicted octanol–water partition coefficient (Wildman–Crippen LogP) is -0.514. The summed E-state index contributed by atoms with van der Waals surface area (Å²) >= 11 is 0. The van der Waals surface area contributed by atoms with Crippen molar-refractivity contribution in [3.8, 4) is 0 Å². The molecule has 0 saturated carbocycles. The van der Waals surface area contributed by atoms with Crippen LogP contribution in [0.15, 0.2) is 0 Å². The maximum Gasteiger partial charge on any atom is 0.224 e. The van der Waals surface area contributed by atoms with E-state index in [9.17, 15) is 9.59 Å². The second-order valence-electron chi connectivity index (χ2n) is 4.47. The molecule has 0 aromatic carbocycles. The molecule has 0 bridgehead atoms. The first kappa shape index (κ1) is 16.9. The van der Waals surface area contributed by atoms with Crippen LogP contribution in [0.4, 0.5) is 0 Å². The van der Waals surface area contributed by atoms with Gasteiger partial charge in [-0.05, 0) is 5.92 Å². The van der Waals surface area contributed by atoms with Crippen LogP contribution >= 0.6 is 0 Å². The summed E-state index contributed by atoms with van der Waals surface area (Å²) in [5.74, 6) is -0.175. The smallest absolute Gasteiger partial charge is 0.224 e. The lowest BCUT2D eigenvalue weighted by atomic mass is 9.95. The molecule has 2 amide bonds. The number of hydrogen-bond donors (Lipinski definition) is 3. The van der Waals surface area contributed by atoms with E-state index in [2.05, 4.69) is 10.6 Å². The highest BCUT2D eigenvalue weighted by Gasteiger charge is 2.19. The molecule has 4 N–H and O–H groups in total. The maximum atomic E-state index is 11.7. The Balaban J connectivity index is 3.76. The molecule has 0 aliphatic heterocycles. The minimum absolute atomic E-state index is 0.0859. The SMILES string of the molecule is COCCNC(=O)CCNC(=O)C(CN)C(C)C. The summed E-state index contributed by atoms with van der Waals surface area (Å²) in [6.07, 6.45) is 0.269. The van der Waals surface area contributed by atoms with E-state index in [1.807, 2.05) is 13.8 Å². The Morgan fingerprint density at radius 1 is 1.22 bits per heavy atom. The lowest BCUT2D eigenvalue weighted by Crippen LogP contribution is -2.39. The summed E-state index contributed by atoms with van der Waals surface area (Å²) in [5, 5.41) is 5.41. The van der Waals surface area contributed by atoms with Crippen molar-refractivity contribution >= 4 is 11.8 Å².